The second-order valence-electron chi connectivity index (χ2n) is 6.34. The van der Waals surface area contributed by atoms with E-state index in [-0.39, 0.29) is 11.6 Å². The Morgan fingerprint density at radius 2 is 2.00 bits per heavy atom. The van der Waals surface area contributed by atoms with Crippen LogP contribution >= 0.6 is 0 Å². The third-order valence-electron chi connectivity index (χ3n) is 3.47. The van der Waals surface area contributed by atoms with E-state index in [4.69, 9.17) is 9.47 Å². The van der Waals surface area contributed by atoms with Crippen LogP contribution < -0.4 is 9.47 Å². The van der Waals surface area contributed by atoms with E-state index in [0.29, 0.717) is 41.2 Å². The van der Waals surface area contributed by atoms with Gasteiger partial charge in [-0.25, -0.2) is 4.68 Å². The Morgan fingerprint density at radius 3 is 2.67 bits per heavy atom. The minimum atomic E-state index is 0.0209. The molecule has 0 radical (unpaired) electrons. The molecule has 0 saturated heterocycles. The maximum absolute atomic E-state index is 9.56. The van der Waals surface area contributed by atoms with E-state index >= 15 is 0 Å². The van der Waals surface area contributed by atoms with Gasteiger partial charge in [0.25, 0.3) is 0 Å². The van der Waals surface area contributed by atoms with E-state index in [1.807, 2.05) is 13.8 Å². The number of rotatable bonds is 6. The predicted octanol–water partition coefficient (Wildman–Crippen LogP) is 3.38. The first-order valence-electron chi connectivity index (χ1n) is 8.39. The smallest absolute Gasteiger partial charge is 0.226 e. The molecule has 27 heavy (non-hydrogen) atoms. The van der Waals surface area contributed by atoms with Gasteiger partial charge in [-0.3, -0.25) is 0 Å². The molecule has 0 aliphatic rings. The Balaban J connectivity index is 1.96. The summed E-state index contributed by atoms with van der Waals surface area (Å²) in [6.07, 6.45) is 2.76. The van der Waals surface area contributed by atoms with Gasteiger partial charge in [0.15, 0.2) is 11.5 Å². The molecule has 0 bridgehead atoms. The van der Waals surface area contributed by atoms with Crippen molar-refractivity contribution in [3.63, 3.8) is 0 Å². The normalized spacial score (nSPS) is 10.6. The number of hydrogen-bond donors (Lipinski definition) is 1. The van der Waals surface area contributed by atoms with E-state index < -0.39 is 0 Å². The lowest BCUT2D eigenvalue weighted by Crippen LogP contribution is -2.07. The highest BCUT2D eigenvalue weighted by Gasteiger charge is 2.13. The van der Waals surface area contributed by atoms with Crippen LogP contribution in [0.4, 0.5) is 0 Å². The van der Waals surface area contributed by atoms with Crippen molar-refractivity contribution in [2.45, 2.75) is 20.8 Å². The van der Waals surface area contributed by atoms with Gasteiger partial charge in [-0.2, -0.15) is 20.3 Å². The Labute approximate surface area is 156 Å². The van der Waals surface area contributed by atoms with Gasteiger partial charge in [0.05, 0.1) is 36.7 Å². The Hall–Kier alpha value is -3.60. The average molecular weight is 365 g/mol. The highest BCUT2D eigenvalue weighted by Crippen LogP contribution is 2.30. The number of benzene rings is 1. The van der Waals surface area contributed by atoms with Crippen LogP contribution in [0, 0.1) is 24.2 Å². The van der Waals surface area contributed by atoms with Crippen molar-refractivity contribution in [1.29, 1.82) is 5.26 Å². The fourth-order valence-electron chi connectivity index (χ4n) is 2.30. The molecule has 0 unspecified atom stereocenters. The summed E-state index contributed by atoms with van der Waals surface area (Å²) < 4.78 is 13.0. The van der Waals surface area contributed by atoms with Gasteiger partial charge < -0.3 is 14.6 Å². The van der Waals surface area contributed by atoms with E-state index in [1.54, 1.807) is 31.2 Å². The second-order valence-corrected chi connectivity index (χ2v) is 6.34. The van der Waals surface area contributed by atoms with Crippen LogP contribution in [0.3, 0.4) is 0 Å². The molecular formula is C19H19N5O3. The lowest BCUT2D eigenvalue weighted by atomic mass is 10.2. The van der Waals surface area contributed by atoms with Crippen molar-refractivity contribution in [3.05, 3.63) is 48.0 Å². The molecule has 0 spiro atoms. The summed E-state index contributed by atoms with van der Waals surface area (Å²) in [5.41, 5.74) is 0.974. The van der Waals surface area contributed by atoms with E-state index in [2.05, 4.69) is 21.1 Å². The van der Waals surface area contributed by atoms with Crippen LogP contribution in [-0.2, 0) is 0 Å². The van der Waals surface area contributed by atoms with Gasteiger partial charge in [0.2, 0.25) is 11.8 Å². The quantitative estimate of drug-likeness (QED) is 0.713. The first kappa shape index (κ1) is 18.2. The minimum Gasteiger partial charge on any atom is -0.505 e. The molecule has 8 heteroatoms. The number of nitriles is 1. The van der Waals surface area contributed by atoms with Crippen LogP contribution in [0.15, 0.2) is 36.7 Å². The zero-order valence-electron chi connectivity index (χ0n) is 15.2. The zero-order valence-corrected chi connectivity index (χ0v) is 15.2. The Morgan fingerprint density at radius 1 is 1.22 bits per heavy atom. The summed E-state index contributed by atoms with van der Waals surface area (Å²) in [6, 6.07) is 8.58. The van der Waals surface area contributed by atoms with Crippen LogP contribution in [0.2, 0.25) is 0 Å². The van der Waals surface area contributed by atoms with Crippen molar-refractivity contribution >= 4 is 0 Å². The molecule has 3 aromatic rings. The minimum absolute atomic E-state index is 0.0209. The molecule has 0 saturated carbocycles. The van der Waals surface area contributed by atoms with Gasteiger partial charge in [0, 0.05) is 6.07 Å². The molecule has 0 fully saturated rings. The highest BCUT2D eigenvalue weighted by atomic mass is 16.5. The lowest BCUT2D eigenvalue weighted by Gasteiger charge is -2.13. The summed E-state index contributed by atoms with van der Waals surface area (Å²) in [7, 11) is 0. The van der Waals surface area contributed by atoms with E-state index in [0.717, 1.165) is 0 Å². The predicted molar refractivity (Wildman–Crippen MR) is 97.1 cm³/mol. The van der Waals surface area contributed by atoms with Crippen molar-refractivity contribution in [3.8, 4) is 35.0 Å². The molecule has 0 amide bonds. The fraction of sp³-hybridized carbons (Fsp3) is 0.263. The SMILES string of the molecule is Cc1nc(OCC(C)C)cc(Oc2cc(C#N)ccc2-n2cc(O)cn2)n1. The maximum atomic E-state index is 9.56. The fourth-order valence-corrected chi connectivity index (χ4v) is 2.30. The molecule has 0 aliphatic carbocycles. The topological polar surface area (TPSA) is 106 Å². The van der Waals surface area contributed by atoms with Crippen molar-refractivity contribution in [1.82, 2.24) is 19.7 Å². The third kappa shape index (κ3) is 4.52. The molecule has 0 aliphatic heterocycles. The highest BCUT2D eigenvalue weighted by molar-refractivity contribution is 5.52. The first-order chi connectivity index (χ1) is 12.9. The molecule has 8 nitrogen and oxygen atoms in total. The van der Waals surface area contributed by atoms with Gasteiger partial charge >= 0.3 is 0 Å². The lowest BCUT2D eigenvalue weighted by molar-refractivity contribution is 0.258. The molecular weight excluding hydrogens is 346 g/mol. The Kier molecular flexibility index (Phi) is 5.22. The molecule has 0 atom stereocenters. The number of aromatic hydroxyl groups is 1. The summed E-state index contributed by atoms with van der Waals surface area (Å²) in [5.74, 6) is 1.95. The van der Waals surface area contributed by atoms with Gasteiger partial charge in [0.1, 0.15) is 11.5 Å². The van der Waals surface area contributed by atoms with Crippen molar-refractivity contribution in [2.75, 3.05) is 6.61 Å². The summed E-state index contributed by atoms with van der Waals surface area (Å²) >= 11 is 0. The molecule has 1 aromatic carbocycles. The van der Waals surface area contributed by atoms with Crippen LogP contribution in [0.5, 0.6) is 23.3 Å². The molecule has 1 N–H and O–H groups in total. The zero-order chi connectivity index (χ0) is 19.4. The number of aromatic nitrogens is 4. The first-order valence-corrected chi connectivity index (χ1v) is 8.39. The number of ether oxygens (including phenoxy) is 2. The van der Waals surface area contributed by atoms with E-state index in [9.17, 15) is 10.4 Å². The molecule has 138 valence electrons. The van der Waals surface area contributed by atoms with E-state index in [1.165, 1.54) is 17.1 Å². The molecule has 2 heterocycles. The number of hydrogen-bond acceptors (Lipinski definition) is 7. The molecule has 2 aromatic heterocycles. The third-order valence-corrected chi connectivity index (χ3v) is 3.47. The summed E-state index contributed by atoms with van der Waals surface area (Å²) in [4.78, 5) is 8.53. The largest absolute Gasteiger partial charge is 0.505 e. The summed E-state index contributed by atoms with van der Waals surface area (Å²) in [6.45, 7) is 6.36. The Bertz CT molecular complexity index is 991. The van der Waals surface area contributed by atoms with Crippen LogP contribution in [0.25, 0.3) is 5.69 Å². The monoisotopic (exact) mass is 365 g/mol. The van der Waals surface area contributed by atoms with Gasteiger partial charge in [-0.15, -0.1) is 0 Å². The summed E-state index contributed by atoms with van der Waals surface area (Å²) in [5, 5.41) is 22.8. The number of aryl methyl sites for hydroxylation is 1. The second kappa shape index (κ2) is 7.74. The van der Waals surface area contributed by atoms with Crippen molar-refractivity contribution < 1.29 is 14.6 Å². The molecule has 3 rings (SSSR count). The standard InChI is InChI=1S/C19H19N5O3/c1-12(2)11-26-18-7-19(23-13(3)22-18)27-17-6-14(8-20)4-5-16(17)24-10-15(25)9-21-24/h4-7,9-10,12,25H,11H2,1-3H3. The van der Waals surface area contributed by atoms with Crippen molar-refractivity contribution in [2.24, 2.45) is 5.92 Å². The average Bonchev–Trinajstić information content (AvgIpc) is 3.05. The maximum Gasteiger partial charge on any atom is 0.226 e. The van der Waals surface area contributed by atoms with Gasteiger partial charge in [-0.05, 0) is 25.0 Å². The number of nitrogens with zero attached hydrogens (tertiary/aromatic N) is 5. The van der Waals surface area contributed by atoms with Crippen LogP contribution in [-0.4, -0.2) is 31.5 Å². The van der Waals surface area contributed by atoms with Gasteiger partial charge in [-0.1, -0.05) is 13.8 Å². The van der Waals surface area contributed by atoms with Crippen LogP contribution in [0.1, 0.15) is 25.2 Å².